The normalized spacial score (nSPS) is 19.6. The Morgan fingerprint density at radius 2 is 1.82 bits per heavy atom. The van der Waals surface area contributed by atoms with Gasteiger partial charge < -0.3 is 14.9 Å². The van der Waals surface area contributed by atoms with Crippen molar-refractivity contribution in [1.29, 1.82) is 0 Å². The van der Waals surface area contributed by atoms with Crippen LogP contribution in [0.4, 0.5) is 0 Å². The van der Waals surface area contributed by atoms with Crippen molar-refractivity contribution >= 4 is 21.5 Å². The summed E-state index contributed by atoms with van der Waals surface area (Å²) in [7, 11) is 1.67. The van der Waals surface area contributed by atoms with E-state index in [1.165, 1.54) is 47.7 Å². The van der Waals surface area contributed by atoms with Crippen molar-refractivity contribution in [2.75, 3.05) is 13.7 Å². The van der Waals surface area contributed by atoms with E-state index in [-0.39, 0.29) is 13.2 Å². The molecular formula is C24H27NO3. The minimum atomic E-state index is -0.0478. The quantitative estimate of drug-likeness (QED) is 0.680. The number of methoxy groups -OCH3 is 1. The molecule has 0 bridgehead atoms. The number of fused-ring (bicyclic) bond motifs is 7. The van der Waals surface area contributed by atoms with E-state index >= 15 is 0 Å². The second-order valence-corrected chi connectivity index (χ2v) is 8.19. The van der Waals surface area contributed by atoms with E-state index < -0.39 is 0 Å². The van der Waals surface area contributed by atoms with Gasteiger partial charge in [0.2, 0.25) is 0 Å². The molecule has 2 heterocycles. The Labute approximate surface area is 165 Å². The van der Waals surface area contributed by atoms with Crippen molar-refractivity contribution in [3.8, 4) is 5.75 Å². The molecule has 1 atom stereocenters. The van der Waals surface area contributed by atoms with Crippen LogP contribution in [0.5, 0.6) is 5.75 Å². The number of benzene rings is 3. The summed E-state index contributed by atoms with van der Waals surface area (Å²) < 4.78 is 5.59. The van der Waals surface area contributed by atoms with E-state index in [1.807, 2.05) is 6.07 Å². The predicted octanol–water partition coefficient (Wildman–Crippen LogP) is 3.90. The summed E-state index contributed by atoms with van der Waals surface area (Å²) in [5.74, 6) is 0.751. The smallest absolute Gasteiger partial charge is 0.125 e. The molecule has 2 aliphatic rings. The van der Waals surface area contributed by atoms with E-state index in [0.29, 0.717) is 6.04 Å². The van der Waals surface area contributed by atoms with Crippen LogP contribution in [0.1, 0.15) is 41.5 Å². The minimum absolute atomic E-state index is 0.0335. The lowest BCUT2D eigenvalue weighted by Crippen LogP contribution is -2.43. The fraction of sp³-hybridized carbons (Fsp3) is 0.417. The molecule has 0 saturated carbocycles. The number of nitrogens with zero attached hydrogens (tertiary/aromatic N) is 1. The van der Waals surface area contributed by atoms with Crippen molar-refractivity contribution in [3.63, 3.8) is 0 Å². The standard InChI is InChI=1S/C24H27NO3/c1-28-24-11-22-20(9-16(24)14-27)19-8-15(13-26)5-6-18(19)23-12-25-7-3-2-4-17(25)10-21(22)23/h5-6,8-9,11,17,26-27H,2-4,7,10,12-14H2,1H3. The topological polar surface area (TPSA) is 52.9 Å². The van der Waals surface area contributed by atoms with Crippen LogP contribution in [0.3, 0.4) is 0 Å². The van der Waals surface area contributed by atoms with E-state index in [0.717, 1.165) is 40.6 Å². The maximum Gasteiger partial charge on any atom is 0.125 e. The van der Waals surface area contributed by atoms with Gasteiger partial charge >= 0.3 is 0 Å². The average molecular weight is 377 g/mol. The zero-order valence-corrected chi connectivity index (χ0v) is 16.4. The fourth-order valence-corrected chi connectivity index (χ4v) is 5.26. The number of aliphatic hydroxyl groups excluding tert-OH is 2. The Balaban J connectivity index is 1.85. The van der Waals surface area contributed by atoms with Crippen molar-refractivity contribution in [2.24, 2.45) is 0 Å². The maximum atomic E-state index is 9.85. The number of aliphatic hydroxyl groups is 2. The van der Waals surface area contributed by atoms with Crippen LogP contribution < -0.4 is 4.74 Å². The second-order valence-electron chi connectivity index (χ2n) is 8.19. The number of rotatable bonds is 3. The Kier molecular flexibility index (Phi) is 4.50. The molecule has 2 N–H and O–H groups in total. The highest BCUT2D eigenvalue weighted by molar-refractivity contribution is 6.11. The Morgan fingerprint density at radius 1 is 0.964 bits per heavy atom. The van der Waals surface area contributed by atoms with Crippen molar-refractivity contribution in [3.05, 3.63) is 52.6 Å². The molecule has 5 rings (SSSR count). The molecule has 146 valence electrons. The highest BCUT2D eigenvalue weighted by Crippen LogP contribution is 2.41. The second kappa shape index (κ2) is 7.03. The van der Waals surface area contributed by atoms with Crippen molar-refractivity contribution in [1.82, 2.24) is 4.90 Å². The van der Waals surface area contributed by atoms with Gasteiger partial charge in [0.25, 0.3) is 0 Å². The third kappa shape index (κ3) is 2.71. The van der Waals surface area contributed by atoms with Crippen molar-refractivity contribution < 1.29 is 14.9 Å². The molecule has 2 aliphatic heterocycles. The lowest BCUT2D eigenvalue weighted by atomic mass is 9.82. The highest BCUT2D eigenvalue weighted by Gasteiger charge is 2.31. The van der Waals surface area contributed by atoms with Gasteiger partial charge in [-0.05, 0) is 82.2 Å². The molecule has 0 spiro atoms. The highest BCUT2D eigenvalue weighted by atomic mass is 16.5. The molecule has 28 heavy (non-hydrogen) atoms. The van der Waals surface area contributed by atoms with E-state index in [9.17, 15) is 10.2 Å². The third-order valence-corrected chi connectivity index (χ3v) is 6.71. The molecule has 0 radical (unpaired) electrons. The molecule has 0 aliphatic carbocycles. The van der Waals surface area contributed by atoms with Crippen LogP contribution in [0.25, 0.3) is 21.5 Å². The molecule has 3 aromatic rings. The van der Waals surface area contributed by atoms with Crippen molar-refractivity contribution in [2.45, 2.75) is 51.5 Å². The average Bonchev–Trinajstić information content (AvgIpc) is 2.76. The summed E-state index contributed by atoms with van der Waals surface area (Å²) in [6.45, 7) is 2.17. The van der Waals surface area contributed by atoms with Crippen LogP contribution in [-0.2, 0) is 26.2 Å². The first-order valence-electron chi connectivity index (χ1n) is 10.3. The van der Waals surface area contributed by atoms with Gasteiger partial charge in [-0.3, -0.25) is 4.90 Å². The van der Waals surface area contributed by atoms with E-state index in [4.69, 9.17) is 4.74 Å². The zero-order valence-electron chi connectivity index (χ0n) is 16.4. The van der Waals surface area contributed by atoms with Gasteiger partial charge in [0, 0.05) is 18.2 Å². The fourth-order valence-electron chi connectivity index (χ4n) is 5.26. The summed E-state index contributed by atoms with van der Waals surface area (Å²) in [5.41, 5.74) is 4.58. The maximum absolute atomic E-state index is 9.85. The van der Waals surface area contributed by atoms with Gasteiger partial charge in [0.05, 0.1) is 20.3 Å². The number of piperidine rings is 1. The molecule has 3 aromatic carbocycles. The minimum Gasteiger partial charge on any atom is -0.496 e. The summed E-state index contributed by atoms with van der Waals surface area (Å²) in [6, 6.07) is 11.1. The number of hydrogen-bond donors (Lipinski definition) is 2. The van der Waals surface area contributed by atoms with Crippen LogP contribution in [0.2, 0.25) is 0 Å². The van der Waals surface area contributed by atoms with Gasteiger partial charge in [0.15, 0.2) is 0 Å². The SMILES string of the molecule is COc1cc2c3c(c4ccc(CO)cc4c2cc1CO)CN1CCCCC1C3. The third-order valence-electron chi connectivity index (χ3n) is 6.71. The van der Waals surface area contributed by atoms with Crippen LogP contribution >= 0.6 is 0 Å². The first-order chi connectivity index (χ1) is 13.7. The van der Waals surface area contributed by atoms with Gasteiger partial charge in [-0.25, -0.2) is 0 Å². The molecule has 1 fully saturated rings. The molecule has 0 aromatic heterocycles. The van der Waals surface area contributed by atoms with Crippen LogP contribution in [-0.4, -0.2) is 34.8 Å². The Bertz CT molecular complexity index is 1060. The molecule has 0 amide bonds. The first-order valence-corrected chi connectivity index (χ1v) is 10.3. The summed E-state index contributed by atoms with van der Waals surface area (Å²) >= 11 is 0. The van der Waals surface area contributed by atoms with Gasteiger partial charge in [0.1, 0.15) is 5.75 Å². The van der Waals surface area contributed by atoms with Crippen LogP contribution in [0.15, 0.2) is 30.3 Å². The summed E-state index contributed by atoms with van der Waals surface area (Å²) in [4.78, 5) is 2.65. The van der Waals surface area contributed by atoms with E-state index in [1.54, 1.807) is 7.11 Å². The number of hydrogen-bond acceptors (Lipinski definition) is 4. The lowest BCUT2D eigenvalue weighted by Gasteiger charge is -2.41. The monoisotopic (exact) mass is 377 g/mol. The summed E-state index contributed by atoms with van der Waals surface area (Å²) in [6.07, 6.45) is 4.96. The van der Waals surface area contributed by atoms with Gasteiger partial charge in [-0.15, -0.1) is 0 Å². The first kappa shape index (κ1) is 17.9. The van der Waals surface area contributed by atoms with E-state index in [2.05, 4.69) is 29.2 Å². The Hall–Kier alpha value is -2.14. The predicted molar refractivity (Wildman–Crippen MR) is 112 cm³/mol. The molecule has 1 saturated heterocycles. The van der Waals surface area contributed by atoms with Gasteiger partial charge in [-0.1, -0.05) is 18.6 Å². The largest absolute Gasteiger partial charge is 0.496 e. The molecule has 1 unspecified atom stereocenters. The molecule has 4 nitrogen and oxygen atoms in total. The summed E-state index contributed by atoms with van der Waals surface area (Å²) in [5, 5.41) is 24.3. The molecule has 4 heteroatoms. The zero-order chi connectivity index (χ0) is 19.3. The lowest BCUT2D eigenvalue weighted by molar-refractivity contribution is 0.128. The Morgan fingerprint density at radius 3 is 2.61 bits per heavy atom. The number of ether oxygens (including phenoxy) is 1. The molecular weight excluding hydrogens is 350 g/mol. The van der Waals surface area contributed by atoms with Gasteiger partial charge in [-0.2, -0.15) is 0 Å². The van der Waals surface area contributed by atoms with Crippen LogP contribution in [0, 0.1) is 0 Å².